The molecule has 0 aromatic heterocycles. The van der Waals surface area contributed by atoms with E-state index < -0.39 is 10.0 Å². The largest absolute Gasteiger partial charge is 0.494 e. The van der Waals surface area contributed by atoms with Gasteiger partial charge in [0.15, 0.2) is 0 Å². The summed E-state index contributed by atoms with van der Waals surface area (Å²) >= 11 is 0. The van der Waals surface area contributed by atoms with E-state index in [4.69, 9.17) is 4.74 Å². The van der Waals surface area contributed by atoms with Gasteiger partial charge in [0, 0.05) is 36.8 Å². The van der Waals surface area contributed by atoms with Gasteiger partial charge in [-0.15, -0.1) is 0 Å². The van der Waals surface area contributed by atoms with Gasteiger partial charge in [-0.1, -0.05) is 0 Å². The molecular formula is C24H29N3O5S. The highest BCUT2D eigenvalue weighted by atomic mass is 32.2. The van der Waals surface area contributed by atoms with Crippen molar-refractivity contribution < 1.29 is 22.7 Å². The van der Waals surface area contributed by atoms with E-state index in [0.29, 0.717) is 50.1 Å². The number of sulfonamides is 1. The molecule has 0 atom stereocenters. The molecule has 1 saturated heterocycles. The van der Waals surface area contributed by atoms with Gasteiger partial charge >= 0.3 is 0 Å². The van der Waals surface area contributed by atoms with Crippen LogP contribution in [0.2, 0.25) is 0 Å². The summed E-state index contributed by atoms with van der Waals surface area (Å²) in [4.78, 5) is 24.7. The molecule has 2 aliphatic rings. The molecule has 0 radical (unpaired) electrons. The lowest BCUT2D eigenvalue weighted by atomic mass is 9.97. The number of ether oxygens (including phenoxy) is 1. The molecule has 0 bridgehead atoms. The van der Waals surface area contributed by atoms with E-state index in [2.05, 4.69) is 10.6 Å². The van der Waals surface area contributed by atoms with Gasteiger partial charge in [-0.2, -0.15) is 4.31 Å². The summed E-state index contributed by atoms with van der Waals surface area (Å²) < 4.78 is 33.3. The number of benzene rings is 2. The number of hydrogen-bond donors (Lipinski definition) is 2. The third-order valence-electron chi connectivity index (χ3n) is 6.10. The van der Waals surface area contributed by atoms with E-state index >= 15 is 0 Å². The number of aryl methyl sites for hydroxylation is 1. The van der Waals surface area contributed by atoms with Gasteiger partial charge in [0.05, 0.1) is 11.5 Å². The summed E-state index contributed by atoms with van der Waals surface area (Å²) in [7, 11) is -3.66. The lowest BCUT2D eigenvalue weighted by Gasteiger charge is -2.30. The third-order valence-corrected chi connectivity index (χ3v) is 7.99. The van der Waals surface area contributed by atoms with Crippen molar-refractivity contribution in [3.8, 4) is 5.75 Å². The molecule has 2 heterocycles. The lowest BCUT2D eigenvalue weighted by molar-refractivity contribution is -0.121. The number of anilines is 2. The molecule has 0 aliphatic carbocycles. The predicted octanol–water partition coefficient (Wildman–Crippen LogP) is 3.40. The number of carbonyl (C=O) groups excluding carboxylic acids is 2. The number of fused-ring (bicyclic) bond motifs is 1. The molecule has 176 valence electrons. The Morgan fingerprint density at radius 2 is 1.85 bits per heavy atom. The van der Waals surface area contributed by atoms with Gasteiger partial charge in [-0.3, -0.25) is 9.59 Å². The molecule has 1 fully saturated rings. The fourth-order valence-electron chi connectivity index (χ4n) is 4.26. The second kappa shape index (κ2) is 9.93. The fraction of sp³-hybridized carbons (Fsp3) is 0.417. The van der Waals surface area contributed by atoms with Crippen LogP contribution in [0.5, 0.6) is 5.75 Å². The highest BCUT2D eigenvalue weighted by Crippen LogP contribution is 2.29. The smallest absolute Gasteiger partial charge is 0.243 e. The van der Waals surface area contributed by atoms with Gasteiger partial charge in [0.1, 0.15) is 5.75 Å². The molecule has 2 N–H and O–H groups in total. The minimum Gasteiger partial charge on any atom is -0.494 e. The van der Waals surface area contributed by atoms with Gasteiger partial charge in [0.25, 0.3) is 0 Å². The highest BCUT2D eigenvalue weighted by Gasteiger charge is 2.32. The van der Waals surface area contributed by atoms with Crippen molar-refractivity contribution in [3.05, 3.63) is 48.0 Å². The zero-order chi connectivity index (χ0) is 23.4. The Morgan fingerprint density at radius 1 is 1.12 bits per heavy atom. The molecule has 0 saturated carbocycles. The van der Waals surface area contributed by atoms with Crippen molar-refractivity contribution in [1.82, 2.24) is 4.31 Å². The SMILES string of the molecule is CCOc1ccc(NC(=O)C2CCN(S(=O)(=O)c3ccc4c(c3)CCCC(=O)N4)CC2)cc1. The van der Waals surface area contributed by atoms with Crippen LogP contribution < -0.4 is 15.4 Å². The van der Waals surface area contributed by atoms with Crippen LogP contribution in [0, 0.1) is 5.92 Å². The Kier molecular flexibility index (Phi) is 6.99. The first-order chi connectivity index (χ1) is 15.9. The molecule has 2 aromatic carbocycles. The molecule has 0 spiro atoms. The van der Waals surface area contributed by atoms with Crippen LogP contribution in [0.3, 0.4) is 0 Å². The van der Waals surface area contributed by atoms with Crippen LogP contribution in [0.1, 0.15) is 38.2 Å². The minimum absolute atomic E-state index is 0.0464. The number of piperidine rings is 1. The zero-order valence-electron chi connectivity index (χ0n) is 18.7. The van der Waals surface area contributed by atoms with Crippen molar-refractivity contribution in [2.45, 2.75) is 43.9 Å². The van der Waals surface area contributed by atoms with E-state index in [1.54, 1.807) is 42.5 Å². The lowest BCUT2D eigenvalue weighted by Crippen LogP contribution is -2.41. The van der Waals surface area contributed by atoms with Crippen LogP contribution in [0.25, 0.3) is 0 Å². The molecular weight excluding hydrogens is 442 g/mol. The molecule has 2 aromatic rings. The Morgan fingerprint density at radius 3 is 2.55 bits per heavy atom. The molecule has 2 amide bonds. The molecule has 0 unspecified atom stereocenters. The van der Waals surface area contributed by atoms with Crippen molar-refractivity contribution in [2.75, 3.05) is 30.3 Å². The second-order valence-corrected chi connectivity index (χ2v) is 10.3. The number of rotatable bonds is 6. The Hall–Kier alpha value is -2.91. The normalized spacial score (nSPS) is 17.5. The molecule has 33 heavy (non-hydrogen) atoms. The van der Waals surface area contributed by atoms with Crippen LogP contribution in [0.15, 0.2) is 47.4 Å². The summed E-state index contributed by atoms with van der Waals surface area (Å²) in [5.74, 6) is 0.353. The number of amides is 2. The van der Waals surface area contributed by atoms with E-state index in [1.807, 2.05) is 6.92 Å². The standard InChI is InChI=1S/C24H29N3O5S/c1-2-32-20-8-6-19(7-9-20)25-24(29)17-12-14-27(15-13-17)33(30,31)21-10-11-22-18(16-21)4-3-5-23(28)26-22/h6-11,16-17H,2-5,12-15H2,1H3,(H,25,29)(H,26,28). The molecule has 2 aliphatic heterocycles. The average molecular weight is 472 g/mol. The zero-order valence-corrected chi connectivity index (χ0v) is 19.5. The van der Waals surface area contributed by atoms with Crippen LogP contribution >= 0.6 is 0 Å². The van der Waals surface area contributed by atoms with Crippen molar-refractivity contribution in [2.24, 2.45) is 5.92 Å². The van der Waals surface area contributed by atoms with Crippen molar-refractivity contribution in [1.29, 1.82) is 0 Å². The summed E-state index contributed by atoms with van der Waals surface area (Å²) in [5.41, 5.74) is 2.21. The van der Waals surface area contributed by atoms with E-state index in [-0.39, 0.29) is 35.7 Å². The summed E-state index contributed by atoms with van der Waals surface area (Å²) in [6, 6.07) is 12.1. The van der Waals surface area contributed by atoms with Gasteiger partial charge in [0.2, 0.25) is 21.8 Å². The maximum Gasteiger partial charge on any atom is 0.243 e. The van der Waals surface area contributed by atoms with Crippen LogP contribution in [-0.4, -0.2) is 44.2 Å². The first kappa shape index (κ1) is 23.3. The summed E-state index contributed by atoms with van der Waals surface area (Å²) in [5, 5.41) is 5.74. The van der Waals surface area contributed by atoms with Gasteiger partial charge < -0.3 is 15.4 Å². The number of nitrogens with one attached hydrogen (secondary N) is 2. The third kappa shape index (κ3) is 5.36. The Labute approximate surface area is 194 Å². The minimum atomic E-state index is -3.66. The van der Waals surface area contributed by atoms with Crippen molar-refractivity contribution in [3.63, 3.8) is 0 Å². The van der Waals surface area contributed by atoms with Crippen molar-refractivity contribution >= 4 is 33.2 Å². The second-order valence-electron chi connectivity index (χ2n) is 8.35. The highest BCUT2D eigenvalue weighted by molar-refractivity contribution is 7.89. The topological polar surface area (TPSA) is 105 Å². The van der Waals surface area contributed by atoms with Crippen LogP contribution in [0.4, 0.5) is 11.4 Å². The van der Waals surface area contributed by atoms with E-state index in [0.717, 1.165) is 11.3 Å². The Balaban J connectivity index is 1.37. The predicted molar refractivity (Wildman–Crippen MR) is 126 cm³/mol. The molecule has 9 heteroatoms. The monoisotopic (exact) mass is 471 g/mol. The first-order valence-corrected chi connectivity index (χ1v) is 12.8. The Bertz CT molecular complexity index is 1120. The fourth-order valence-corrected chi connectivity index (χ4v) is 5.79. The molecule has 8 nitrogen and oxygen atoms in total. The summed E-state index contributed by atoms with van der Waals surface area (Å²) in [6.45, 7) is 3.07. The molecule has 4 rings (SSSR count). The number of nitrogens with zero attached hydrogens (tertiary/aromatic N) is 1. The average Bonchev–Trinajstić information content (AvgIpc) is 3.00. The maximum absolute atomic E-state index is 13.2. The number of carbonyl (C=O) groups is 2. The summed E-state index contributed by atoms with van der Waals surface area (Å²) in [6.07, 6.45) is 2.71. The number of hydrogen-bond acceptors (Lipinski definition) is 5. The maximum atomic E-state index is 13.2. The van der Waals surface area contributed by atoms with E-state index in [9.17, 15) is 18.0 Å². The van der Waals surface area contributed by atoms with Gasteiger partial charge in [-0.05, 0) is 80.6 Å². The quantitative estimate of drug-likeness (QED) is 0.672. The van der Waals surface area contributed by atoms with E-state index in [1.165, 1.54) is 4.31 Å². The van der Waals surface area contributed by atoms with Gasteiger partial charge in [-0.25, -0.2) is 8.42 Å². The first-order valence-electron chi connectivity index (χ1n) is 11.3. The van der Waals surface area contributed by atoms with Crippen LogP contribution in [-0.2, 0) is 26.0 Å².